The van der Waals surface area contributed by atoms with Gasteiger partial charge in [-0.3, -0.25) is 0 Å². The molecule has 0 bridgehead atoms. The van der Waals surface area contributed by atoms with Gasteiger partial charge in [-0.2, -0.15) is 0 Å². The van der Waals surface area contributed by atoms with Gasteiger partial charge >= 0.3 is 0 Å². The smallest absolute Gasteiger partial charge is 0.106 e. The summed E-state index contributed by atoms with van der Waals surface area (Å²) in [5.41, 5.74) is 17.7. The van der Waals surface area contributed by atoms with Crippen molar-refractivity contribution in [2.45, 2.75) is 234 Å². The third-order valence-corrected chi connectivity index (χ3v) is 38.4. The molecule has 0 N–H and O–H groups in total. The van der Waals surface area contributed by atoms with E-state index in [4.69, 9.17) is 0 Å². The van der Waals surface area contributed by atoms with Crippen molar-refractivity contribution in [1.82, 2.24) is 0 Å². The summed E-state index contributed by atoms with van der Waals surface area (Å²) in [4.78, 5) is 0. The zero-order valence-corrected chi connectivity index (χ0v) is 66.7. The van der Waals surface area contributed by atoms with Crippen LogP contribution in [0.1, 0.15) is 166 Å². The van der Waals surface area contributed by atoms with Gasteiger partial charge in [0.2, 0.25) is 0 Å². The van der Waals surface area contributed by atoms with E-state index >= 15 is 0 Å². The van der Waals surface area contributed by atoms with E-state index in [1.165, 1.54) is 0 Å². The minimum Gasteiger partial charge on any atom is -0.106 e. The van der Waals surface area contributed by atoms with Crippen LogP contribution in [0.25, 0.3) is 0 Å². The van der Waals surface area contributed by atoms with E-state index in [1.807, 2.05) is 0 Å². The summed E-state index contributed by atoms with van der Waals surface area (Å²) in [6.45, 7) is 71.5. The van der Waals surface area contributed by atoms with Crippen molar-refractivity contribution in [3.05, 3.63) is 172 Å². The molecule has 0 aliphatic carbocycles. The van der Waals surface area contributed by atoms with Crippen molar-refractivity contribution in [3.8, 4) is 0 Å². The summed E-state index contributed by atoms with van der Waals surface area (Å²) in [5, 5.41) is 9.90. The van der Waals surface area contributed by atoms with Crippen LogP contribution in [0.5, 0.6) is 0 Å². The Morgan fingerprint density at radius 2 is 0.291 bits per heavy atom. The summed E-state index contributed by atoms with van der Waals surface area (Å²) < 4.78 is 0. The zero-order chi connectivity index (χ0) is 63.4. The van der Waals surface area contributed by atoms with Crippen LogP contribution >= 0.6 is 47.5 Å². The molecule has 472 valence electrons. The van der Waals surface area contributed by atoms with E-state index < -0.39 is 47.5 Å². The van der Waals surface area contributed by atoms with Gasteiger partial charge in [0.25, 0.3) is 13.4 Å². The summed E-state index contributed by atoms with van der Waals surface area (Å²) >= 11 is 0. The first-order valence-corrected chi connectivity index (χ1v) is 42.4. The van der Waals surface area contributed by atoms with E-state index in [-0.39, 0.29) is 47.6 Å². The topological polar surface area (TPSA) is 0 Å². The second-order valence-electron chi connectivity index (χ2n) is 27.0. The van der Waals surface area contributed by atoms with Crippen LogP contribution in [0, 0.1) is 0 Å². The molecule has 0 aliphatic rings. The number of rotatable bonds is 24. The van der Waals surface area contributed by atoms with Crippen LogP contribution < -0.4 is 64.6 Å². The van der Waals surface area contributed by atoms with Crippen molar-refractivity contribution >= 4 is 126 Å². The molecule has 0 amide bonds. The van der Waals surface area contributed by atoms with Gasteiger partial charge in [-0.05, 0) is 235 Å². The van der Waals surface area contributed by atoms with Crippen molar-refractivity contribution in [2.24, 2.45) is 0 Å². The second kappa shape index (κ2) is 40.5. The van der Waals surface area contributed by atoms with Gasteiger partial charge < -0.3 is 0 Å². The van der Waals surface area contributed by atoms with Gasteiger partial charge in [0.05, 0.1) is 99.7 Å². The molecule has 0 unspecified atom stereocenters. The molecule has 6 aromatic carbocycles. The first kappa shape index (κ1) is 82.6. The normalized spacial score (nSPS) is 11.7. The quantitative estimate of drug-likeness (QED) is 0.0322. The molecule has 6 aromatic rings. The van der Waals surface area contributed by atoms with Crippen molar-refractivity contribution < 1.29 is 34.1 Å². The third kappa shape index (κ3) is 21.3. The van der Waals surface area contributed by atoms with E-state index in [0.29, 0.717) is 67.9 Å². The predicted octanol–water partition coefficient (Wildman–Crippen LogP) is 15.9. The molecule has 0 saturated heterocycles. The largest absolute Gasteiger partial charge is 0.256 e. The first-order chi connectivity index (χ1) is 39.8. The molecule has 0 fully saturated rings. The second-order valence-corrected chi connectivity index (χ2v) is 49.5. The fourth-order valence-electron chi connectivity index (χ4n) is 14.8. The standard InChI is InChI=1S/2C36H54BP3.2C2H4.2Fe/c2*1-25(2)38(26(3)4)34-22-16-13-19-31(34)37(32-20-14-17-23-35(32)39(27(5)6)28(7)8)33-21-15-18-24-36(33)40(29(9)10)30(11)12;2*1-2;;/h2*13-30H,1-12H3;2*1-2H2;;/p+6. The maximum Gasteiger partial charge on any atom is 0.256 e. The first-order valence-electron chi connectivity index (χ1n) is 32.5. The molecular formula is C76H122B2Fe2P6+6. The fourth-order valence-corrected chi connectivity index (χ4v) is 35.4. The Balaban J connectivity index is 0.000000795. The Morgan fingerprint density at radius 3 is 0.384 bits per heavy atom. The van der Waals surface area contributed by atoms with E-state index in [2.05, 4.69) is 338 Å². The number of hydrogen-bond donors (Lipinski definition) is 0. The van der Waals surface area contributed by atoms with Crippen LogP contribution in [0.4, 0.5) is 0 Å². The number of benzene rings is 6. The average molecular weight is 1350 g/mol. The van der Waals surface area contributed by atoms with Gasteiger partial charge in [0.15, 0.2) is 0 Å². The third-order valence-electron chi connectivity index (χ3n) is 17.0. The van der Waals surface area contributed by atoms with Crippen molar-refractivity contribution in [1.29, 1.82) is 0 Å². The zero-order valence-electron chi connectivity index (χ0n) is 58.5. The summed E-state index contributed by atoms with van der Waals surface area (Å²) in [5.74, 6) is 0. The van der Waals surface area contributed by atoms with E-state index in [9.17, 15) is 0 Å². The Kier molecular flexibility index (Phi) is 38.9. The van der Waals surface area contributed by atoms with Gasteiger partial charge in [0, 0.05) is 81.7 Å². The van der Waals surface area contributed by atoms with E-state index in [1.54, 1.807) is 64.6 Å². The molecule has 0 aromatic heterocycles. The Labute approximate surface area is 561 Å². The minimum absolute atomic E-state index is 0. The SMILES string of the molecule is C=C.C=C.CC(C)[PH+](c1ccccc1B(c1ccccc1[PH+](C(C)C)C(C)C)c1ccccc1[PH+](C(C)C)C(C)C)C(C)C.CC(C)[PH+](c1ccccc1B(c1ccccc1[PH+](C(C)C)C(C)C)c1ccccc1[PH+](C(C)C)C(C)C)C(C)C.[Fe].[Fe]. The summed E-state index contributed by atoms with van der Waals surface area (Å²) in [6.07, 6.45) is 0. The molecule has 10 heteroatoms. The fraction of sp³-hybridized carbons (Fsp3) is 0.474. The minimum atomic E-state index is -0.758. The molecular weight excluding hydrogens is 1230 g/mol. The van der Waals surface area contributed by atoms with Crippen LogP contribution in [-0.4, -0.2) is 81.3 Å². The molecule has 0 radical (unpaired) electrons. The molecule has 0 heterocycles. The predicted molar refractivity (Wildman–Crippen MR) is 420 cm³/mol. The maximum absolute atomic E-state index is 3.00. The van der Waals surface area contributed by atoms with Crippen molar-refractivity contribution in [3.63, 3.8) is 0 Å². The van der Waals surface area contributed by atoms with Crippen molar-refractivity contribution in [2.75, 3.05) is 0 Å². The van der Waals surface area contributed by atoms with Crippen LogP contribution in [0.3, 0.4) is 0 Å². The van der Waals surface area contributed by atoms with Gasteiger partial charge in [-0.1, -0.05) is 109 Å². The molecule has 0 nitrogen and oxygen atoms in total. The molecule has 0 atom stereocenters. The monoisotopic (exact) mass is 1350 g/mol. The van der Waals surface area contributed by atoms with Gasteiger partial charge in [0.1, 0.15) is 0 Å². The van der Waals surface area contributed by atoms with Crippen LogP contribution in [-0.2, 0) is 34.1 Å². The van der Waals surface area contributed by atoms with Gasteiger partial charge in [-0.15, -0.1) is 26.3 Å². The Morgan fingerprint density at radius 1 is 0.198 bits per heavy atom. The van der Waals surface area contributed by atoms with Crippen LogP contribution in [0.15, 0.2) is 172 Å². The number of hydrogen-bond acceptors (Lipinski definition) is 0. The maximum atomic E-state index is 3.00. The molecule has 0 spiro atoms. The molecule has 86 heavy (non-hydrogen) atoms. The Bertz CT molecular complexity index is 2320. The van der Waals surface area contributed by atoms with Gasteiger partial charge in [-0.25, -0.2) is 0 Å². The summed E-state index contributed by atoms with van der Waals surface area (Å²) in [6, 6.07) is 57.6. The Hall–Kier alpha value is -1.45. The van der Waals surface area contributed by atoms with Crippen LogP contribution in [0.2, 0.25) is 0 Å². The summed E-state index contributed by atoms with van der Waals surface area (Å²) in [7, 11) is -4.55. The van der Waals surface area contributed by atoms with E-state index in [0.717, 1.165) is 0 Å². The molecule has 0 aliphatic heterocycles. The molecule has 0 saturated carbocycles. The average Bonchev–Trinajstić information content (AvgIpc) is 1.10. The molecule has 6 rings (SSSR count).